The Morgan fingerprint density at radius 1 is 0.581 bits per heavy atom. The van der Waals surface area contributed by atoms with Crippen molar-refractivity contribution in [3.63, 3.8) is 0 Å². The SMILES string of the molecule is CCCCCCCCC1Nc2ccccc2N1S(=O)(=O)[O-].CCCCCCCCC1Nc2ccccc2N1S(=O)(=O)[O-].[Ca+2]. The number of anilines is 4. The predicted octanol–water partition coefficient (Wildman–Crippen LogP) is 6.53. The molecule has 0 saturated heterocycles. The van der Waals surface area contributed by atoms with Crippen molar-refractivity contribution in [2.45, 2.75) is 116 Å². The van der Waals surface area contributed by atoms with Gasteiger partial charge in [0.05, 0.1) is 22.7 Å². The summed E-state index contributed by atoms with van der Waals surface area (Å²) in [5.74, 6) is 0. The van der Waals surface area contributed by atoms with E-state index in [0.29, 0.717) is 35.6 Å². The molecule has 0 fully saturated rings. The van der Waals surface area contributed by atoms with Gasteiger partial charge in [-0.2, -0.15) is 0 Å². The van der Waals surface area contributed by atoms with E-state index in [9.17, 15) is 25.9 Å². The van der Waals surface area contributed by atoms with Gasteiger partial charge in [0.2, 0.25) is 0 Å². The van der Waals surface area contributed by atoms with E-state index in [1.54, 1.807) is 36.4 Å². The topological polar surface area (TPSA) is 145 Å². The summed E-state index contributed by atoms with van der Waals surface area (Å²) in [7, 11) is -8.99. The average molecular weight is 663 g/mol. The second-order valence-corrected chi connectivity index (χ2v) is 13.5. The maximum atomic E-state index is 11.5. The summed E-state index contributed by atoms with van der Waals surface area (Å²) >= 11 is 0. The summed E-state index contributed by atoms with van der Waals surface area (Å²) in [5.41, 5.74) is 2.35. The molecule has 2 aliphatic rings. The van der Waals surface area contributed by atoms with Crippen LogP contribution in [0, 0.1) is 0 Å². The number of hydrogen-bond acceptors (Lipinski definition) is 8. The number of rotatable bonds is 16. The minimum absolute atomic E-state index is 0. The van der Waals surface area contributed by atoms with Crippen LogP contribution in [-0.2, 0) is 20.6 Å². The molecule has 10 nitrogen and oxygen atoms in total. The van der Waals surface area contributed by atoms with Gasteiger partial charge in [-0.25, -0.2) is 16.8 Å². The van der Waals surface area contributed by atoms with Gasteiger partial charge in [-0.05, 0) is 49.9 Å². The van der Waals surface area contributed by atoms with Crippen LogP contribution < -0.4 is 19.2 Å². The molecule has 4 rings (SSSR count). The zero-order chi connectivity index (χ0) is 30.6. The zero-order valence-corrected chi connectivity index (χ0v) is 29.4. The van der Waals surface area contributed by atoms with Crippen LogP contribution in [0.4, 0.5) is 22.7 Å². The molecule has 2 atom stereocenters. The Labute approximate surface area is 288 Å². The number of para-hydroxylation sites is 4. The first-order chi connectivity index (χ1) is 20.1. The molecule has 236 valence electrons. The predicted molar refractivity (Wildman–Crippen MR) is 174 cm³/mol. The molecule has 0 amide bonds. The minimum Gasteiger partial charge on any atom is -0.731 e. The van der Waals surface area contributed by atoms with E-state index in [1.165, 1.54) is 38.5 Å². The van der Waals surface area contributed by atoms with Gasteiger partial charge in [-0.1, -0.05) is 102 Å². The number of nitrogens with one attached hydrogen (secondary N) is 2. The first-order valence-corrected chi connectivity index (χ1v) is 18.0. The molecule has 0 radical (unpaired) electrons. The van der Waals surface area contributed by atoms with Gasteiger partial charge < -0.3 is 19.7 Å². The Balaban J connectivity index is 0.000000293. The second-order valence-electron chi connectivity index (χ2n) is 11.0. The monoisotopic (exact) mass is 662 g/mol. The zero-order valence-electron chi connectivity index (χ0n) is 25.5. The molecule has 0 aliphatic carbocycles. The number of benzene rings is 2. The van der Waals surface area contributed by atoms with Crippen LogP contribution in [0.5, 0.6) is 0 Å². The van der Waals surface area contributed by atoms with Crippen LogP contribution in [0.1, 0.15) is 104 Å². The van der Waals surface area contributed by atoms with Crippen LogP contribution >= 0.6 is 0 Å². The van der Waals surface area contributed by atoms with Crippen molar-refractivity contribution in [1.82, 2.24) is 0 Å². The molecule has 2 aliphatic heterocycles. The van der Waals surface area contributed by atoms with Gasteiger partial charge in [0.1, 0.15) is 12.3 Å². The molecule has 2 aromatic rings. The van der Waals surface area contributed by atoms with E-state index in [-0.39, 0.29) is 37.7 Å². The molecule has 0 spiro atoms. The molecule has 0 aromatic heterocycles. The summed E-state index contributed by atoms with van der Waals surface area (Å²) in [6, 6.07) is 14.1. The van der Waals surface area contributed by atoms with Crippen LogP contribution in [0.25, 0.3) is 0 Å². The van der Waals surface area contributed by atoms with Gasteiger partial charge >= 0.3 is 37.7 Å². The quantitative estimate of drug-likeness (QED) is 0.117. The number of fused-ring (bicyclic) bond motifs is 2. The van der Waals surface area contributed by atoms with E-state index < -0.39 is 32.9 Å². The maximum Gasteiger partial charge on any atom is 2.00 e. The van der Waals surface area contributed by atoms with E-state index >= 15 is 0 Å². The van der Waals surface area contributed by atoms with Gasteiger partial charge in [0.15, 0.2) is 20.6 Å². The summed E-state index contributed by atoms with van der Waals surface area (Å²) in [6.45, 7) is 4.35. The van der Waals surface area contributed by atoms with Crippen LogP contribution in [0.3, 0.4) is 0 Å². The first-order valence-electron chi connectivity index (χ1n) is 15.3. The van der Waals surface area contributed by atoms with Crippen molar-refractivity contribution >= 4 is 81.1 Å². The van der Waals surface area contributed by atoms with Crippen molar-refractivity contribution < 1.29 is 25.9 Å². The molecule has 2 heterocycles. The fourth-order valence-corrected chi connectivity index (χ4v) is 7.30. The number of hydrogen-bond donors (Lipinski definition) is 2. The molecule has 0 saturated carbocycles. The molecular weight excluding hydrogens is 617 g/mol. The largest absolute Gasteiger partial charge is 2.00 e. The average Bonchev–Trinajstić information content (AvgIpc) is 3.51. The van der Waals surface area contributed by atoms with E-state index in [1.807, 2.05) is 12.1 Å². The summed E-state index contributed by atoms with van der Waals surface area (Å²) in [4.78, 5) is 0. The Morgan fingerprint density at radius 3 is 1.26 bits per heavy atom. The van der Waals surface area contributed by atoms with E-state index in [4.69, 9.17) is 0 Å². The summed E-state index contributed by atoms with van der Waals surface area (Å²) in [5, 5.41) is 6.28. The van der Waals surface area contributed by atoms with Gasteiger partial charge in [0, 0.05) is 0 Å². The molecule has 2 unspecified atom stereocenters. The molecule has 2 aromatic carbocycles. The fraction of sp³-hybridized carbons (Fsp3) is 0.600. The summed E-state index contributed by atoms with van der Waals surface area (Å²) < 4.78 is 71.0. The smallest absolute Gasteiger partial charge is 0.731 e. The molecular formula is C30H46CaN4O6S2. The van der Waals surface area contributed by atoms with Crippen LogP contribution in [0.2, 0.25) is 0 Å². The molecule has 2 N–H and O–H groups in total. The molecule has 13 heteroatoms. The standard InChI is InChI=1S/2C15H24N2O3S.Ca/c2*1-2-3-4-5-6-7-12-15-16-13-10-8-9-11-14(13)17(15)21(18,19)20;/h2*8-11,15-16H,2-7,12H2,1H3,(H,18,19,20);/q;;+2/p-2. The third kappa shape index (κ3) is 11.5. The third-order valence-corrected chi connectivity index (χ3v) is 9.50. The molecule has 0 bridgehead atoms. The van der Waals surface area contributed by atoms with Crippen LogP contribution in [-0.4, -0.2) is 76.0 Å². The molecule has 43 heavy (non-hydrogen) atoms. The summed E-state index contributed by atoms with van der Waals surface area (Å²) in [6.07, 6.45) is 14.1. The number of unbranched alkanes of at least 4 members (excludes halogenated alkanes) is 10. The minimum atomic E-state index is -4.50. The van der Waals surface area contributed by atoms with Gasteiger partial charge in [-0.3, -0.25) is 8.61 Å². The van der Waals surface area contributed by atoms with Crippen molar-refractivity contribution in [2.24, 2.45) is 0 Å². The van der Waals surface area contributed by atoms with E-state index in [2.05, 4.69) is 24.5 Å². The van der Waals surface area contributed by atoms with Gasteiger partial charge in [0.25, 0.3) is 0 Å². The van der Waals surface area contributed by atoms with Crippen molar-refractivity contribution in [3.05, 3.63) is 48.5 Å². The van der Waals surface area contributed by atoms with Crippen molar-refractivity contribution in [2.75, 3.05) is 19.2 Å². The first kappa shape index (κ1) is 37.9. The van der Waals surface area contributed by atoms with Gasteiger partial charge in [-0.15, -0.1) is 0 Å². The maximum absolute atomic E-state index is 11.5. The Hall–Kier alpha value is -1.28. The second kappa shape index (κ2) is 18.6. The fourth-order valence-electron chi connectivity index (χ4n) is 5.56. The number of nitrogens with zero attached hydrogens (tertiary/aromatic N) is 2. The Kier molecular flexibility index (Phi) is 16.4. The Bertz CT molecular complexity index is 1230. The van der Waals surface area contributed by atoms with Crippen LogP contribution in [0.15, 0.2) is 48.5 Å². The third-order valence-electron chi connectivity index (χ3n) is 7.64. The van der Waals surface area contributed by atoms with Crippen molar-refractivity contribution in [1.29, 1.82) is 0 Å². The van der Waals surface area contributed by atoms with E-state index in [0.717, 1.165) is 47.1 Å². The van der Waals surface area contributed by atoms with Crippen molar-refractivity contribution in [3.8, 4) is 0 Å². The normalized spacial score (nSPS) is 17.2. The Morgan fingerprint density at radius 2 is 0.907 bits per heavy atom.